The van der Waals surface area contributed by atoms with Crippen LogP contribution in [0.25, 0.3) is 10.8 Å². The molecule has 8 heteroatoms. The number of carbonyl (C=O) groups is 1. The molecule has 0 fully saturated rings. The molecule has 4 rings (SSSR count). The van der Waals surface area contributed by atoms with E-state index in [1.807, 2.05) is 42.5 Å². The lowest BCUT2D eigenvalue weighted by Crippen LogP contribution is -2.35. The Kier molecular flexibility index (Phi) is 7.17. The molecule has 0 bridgehead atoms. The Balaban J connectivity index is 1.49. The van der Waals surface area contributed by atoms with Gasteiger partial charge < -0.3 is 14.8 Å². The summed E-state index contributed by atoms with van der Waals surface area (Å²) < 4.78 is 11.9. The molecule has 1 N–H and O–H groups in total. The summed E-state index contributed by atoms with van der Waals surface area (Å²) >= 11 is 0. The second kappa shape index (κ2) is 10.6. The van der Waals surface area contributed by atoms with E-state index < -0.39 is 0 Å². The Hall–Kier alpha value is -4.20. The molecule has 0 aliphatic rings. The van der Waals surface area contributed by atoms with Gasteiger partial charge in [-0.15, -0.1) is 0 Å². The predicted molar refractivity (Wildman–Crippen MR) is 129 cm³/mol. The molecule has 0 spiro atoms. The minimum Gasteiger partial charge on any atom is -0.497 e. The van der Waals surface area contributed by atoms with Crippen molar-refractivity contribution in [3.05, 3.63) is 94.2 Å². The molecule has 1 amide bonds. The number of ether oxygens (including phenoxy) is 2. The maximum atomic E-state index is 13.0. The minimum absolute atomic E-state index is 0.160. The molecule has 0 unspecified atom stereocenters. The van der Waals surface area contributed by atoms with E-state index in [1.165, 1.54) is 4.68 Å². The average molecular weight is 459 g/mol. The van der Waals surface area contributed by atoms with Crippen molar-refractivity contribution in [2.24, 2.45) is 0 Å². The number of benzene rings is 2. The first-order valence-corrected chi connectivity index (χ1v) is 10.9. The normalized spacial score (nSPS) is 10.8. The molecule has 0 aliphatic heterocycles. The summed E-state index contributed by atoms with van der Waals surface area (Å²) in [5.74, 6) is 1.11. The van der Waals surface area contributed by atoms with Crippen molar-refractivity contribution >= 4 is 16.7 Å². The maximum absolute atomic E-state index is 13.0. The number of fused-ring (bicyclic) bond motifs is 1. The number of pyridine rings is 1. The van der Waals surface area contributed by atoms with E-state index in [1.54, 1.807) is 38.7 Å². The van der Waals surface area contributed by atoms with Crippen molar-refractivity contribution in [3.63, 3.8) is 0 Å². The first kappa shape index (κ1) is 23.0. The fraction of sp³-hybridized carbons (Fsp3) is 0.231. The number of carbonyl (C=O) groups excluding carboxylic acids is 1. The van der Waals surface area contributed by atoms with Crippen LogP contribution in [-0.4, -0.2) is 41.4 Å². The SMILES string of the molecule is COc1ccc(CCNC(=O)Cn2nc(Cc3ccncc3)c3ccccc3c2=O)c(OC)c1. The van der Waals surface area contributed by atoms with Crippen LogP contribution in [0.5, 0.6) is 11.5 Å². The Bertz CT molecular complexity index is 1350. The molecule has 2 aromatic heterocycles. The van der Waals surface area contributed by atoms with Gasteiger partial charge in [-0.25, -0.2) is 4.68 Å². The topological polar surface area (TPSA) is 95.3 Å². The number of aromatic nitrogens is 3. The number of methoxy groups -OCH3 is 2. The summed E-state index contributed by atoms with van der Waals surface area (Å²) in [6.07, 6.45) is 4.55. The second-order valence-electron chi connectivity index (χ2n) is 7.77. The van der Waals surface area contributed by atoms with Crippen LogP contribution in [0.1, 0.15) is 16.8 Å². The van der Waals surface area contributed by atoms with Crippen LogP contribution in [0.15, 0.2) is 71.8 Å². The lowest BCUT2D eigenvalue weighted by atomic mass is 10.1. The molecule has 34 heavy (non-hydrogen) atoms. The zero-order valence-corrected chi connectivity index (χ0v) is 19.2. The van der Waals surface area contributed by atoms with Crippen LogP contribution in [-0.2, 0) is 24.2 Å². The monoisotopic (exact) mass is 458 g/mol. The van der Waals surface area contributed by atoms with Crippen molar-refractivity contribution in [2.75, 3.05) is 20.8 Å². The molecule has 0 aliphatic carbocycles. The molecule has 4 aromatic rings. The first-order chi connectivity index (χ1) is 16.6. The van der Waals surface area contributed by atoms with Gasteiger partial charge in [0, 0.05) is 36.8 Å². The Labute approximate surface area is 197 Å². The van der Waals surface area contributed by atoms with Gasteiger partial charge in [0.05, 0.1) is 25.3 Å². The number of amides is 1. The van der Waals surface area contributed by atoms with Crippen LogP contribution in [0.4, 0.5) is 0 Å². The van der Waals surface area contributed by atoms with Gasteiger partial charge in [0.25, 0.3) is 5.56 Å². The van der Waals surface area contributed by atoms with Crippen LogP contribution >= 0.6 is 0 Å². The second-order valence-corrected chi connectivity index (χ2v) is 7.77. The number of rotatable bonds is 9. The Morgan fingerprint density at radius 1 is 1.00 bits per heavy atom. The van der Waals surface area contributed by atoms with E-state index in [0.717, 1.165) is 22.2 Å². The van der Waals surface area contributed by atoms with Gasteiger partial charge in [0.15, 0.2) is 0 Å². The van der Waals surface area contributed by atoms with E-state index >= 15 is 0 Å². The zero-order chi connectivity index (χ0) is 23.9. The van der Waals surface area contributed by atoms with Crippen LogP contribution in [0.3, 0.4) is 0 Å². The number of nitrogens with one attached hydrogen (secondary N) is 1. The van der Waals surface area contributed by atoms with Crippen molar-refractivity contribution in [1.29, 1.82) is 0 Å². The molecule has 0 saturated carbocycles. The minimum atomic E-state index is -0.291. The lowest BCUT2D eigenvalue weighted by Gasteiger charge is -2.13. The fourth-order valence-electron chi connectivity index (χ4n) is 3.82. The molecule has 0 radical (unpaired) electrons. The zero-order valence-electron chi connectivity index (χ0n) is 19.2. The van der Waals surface area contributed by atoms with Crippen molar-refractivity contribution in [1.82, 2.24) is 20.1 Å². The highest BCUT2D eigenvalue weighted by Gasteiger charge is 2.14. The molecular weight excluding hydrogens is 432 g/mol. The maximum Gasteiger partial charge on any atom is 0.275 e. The molecule has 8 nitrogen and oxygen atoms in total. The highest BCUT2D eigenvalue weighted by molar-refractivity contribution is 5.84. The predicted octanol–water partition coefficient (Wildman–Crippen LogP) is 2.76. The molecule has 2 aromatic carbocycles. The summed E-state index contributed by atoms with van der Waals surface area (Å²) in [6, 6.07) is 16.7. The Morgan fingerprint density at radius 2 is 1.76 bits per heavy atom. The Morgan fingerprint density at radius 3 is 2.50 bits per heavy atom. The van der Waals surface area contributed by atoms with Crippen LogP contribution < -0.4 is 20.3 Å². The first-order valence-electron chi connectivity index (χ1n) is 10.9. The molecule has 2 heterocycles. The van der Waals surface area contributed by atoms with Gasteiger partial charge in [-0.05, 0) is 41.8 Å². The molecule has 0 atom stereocenters. The average Bonchev–Trinajstić information content (AvgIpc) is 2.87. The highest BCUT2D eigenvalue weighted by atomic mass is 16.5. The van der Waals surface area contributed by atoms with Gasteiger partial charge in [-0.3, -0.25) is 14.6 Å². The van der Waals surface area contributed by atoms with Crippen molar-refractivity contribution < 1.29 is 14.3 Å². The largest absolute Gasteiger partial charge is 0.497 e. The summed E-state index contributed by atoms with van der Waals surface area (Å²) in [6.45, 7) is 0.237. The number of hydrogen-bond donors (Lipinski definition) is 1. The third kappa shape index (κ3) is 5.23. The van der Waals surface area contributed by atoms with Gasteiger partial charge in [-0.2, -0.15) is 5.10 Å². The fourth-order valence-corrected chi connectivity index (χ4v) is 3.82. The summed E-state index contributed by atoms with van der Waals surface area (Å²) in [7, 11) is 3.19. The summed E-state index contributed by atoms with van der Waals surface area (Å²) in [5.41, 5.74) is 2.41. The van der Waals surface area contributed by atoms with E-state index in [2.05, 4.69) is 15.4 Å². The smallest absolute Gasteiger partial charge is 0.275 e. The van der Waals surface area contributed by atoms with E-state index in [0.29, 0.717) is 36.3 Å². The quantitative estimate of drug-likeness (QED) is 0.414. The summed E-state index contributed by atoms with van der Waals surface area (Å²) in [5, 5.41) is 8.73. The molecular formula is C26H26N4O4. The number of nitrogens with zero attached hydrogens (tertiary/aromatic N) is 3. The van der Waals surface area contributed by atoms with Gasteiger partial charge in [0.2, 0.25) is 5.91 Å². The van der Waals surface area contributed by atoms with E-state index in [-0.39, 0.29) is 18.0 Å². The number of hydrogen-bond acceptors (Lipinski definition) is 6. The van der Waals surface area contributed by atoms with Gasteiger partial charge in [0.1, 0.15) is 18.0 Å². The van der Waals surface area contributed by atoms with Crippen molar-refractivity contribution in [2.45, 2.75) is 19.4 Å². The van der Waals surface area contributed by atoms with E-state index in [4.69, 9.17) is 9.47 Å². The summed E-state index contributed by atoms with van der Waals surface area (Å²) in [4.78, 5) is 29.7. The van der Waals surface area contributed by atoms with Crippen LogP contribution in [0.2, 0.25) is 0 Å². The van der Waals surface area contributed by atoms with Gasteiger partial charge in [-0.1, -0.05) is 24.3 Å². The lowest BCUT2D eigenvalue weighted by molar-refractivity contribution is -0.121. The molecule has 174 valence electrons. The van der Waals surface area contributed by atoms with E-state index in [9.17, 15) is 9.59 Å². The third-order valence-corrected chi connectivity index (χ3v) is 5.57. The molecule has 0 saturated heterocycles. The van der Waals surface area contributed by atoms with Crippen LogP contribution in [0, 0.1) is 0 Å². The third-order valence-electron chi connectivity index (χ3n) is 5.57. The highest BCUT2D eigenvalue weighted by Crippen LogP contribution is 2.24. The standard InChI is InChI=1S/C26H26N4O4/c1-33-20-8-7-19(24(16-20)34-2)11-14-28-25(31)17-30-26(32)22-6-4-3-5-21(22)23(29-30)15-18-9-12-27-13-10-18/h3-10,12-13,16H,11,14-15,17H2,1-2H3,(H,28,31). The van der Waals surface area contributed by atoms with Crippen molar-refractivity contribution in [3.8, 4) is 11.5 Å². The van der Waals surface area contributed by atoms with Gasteiger partial charge >= 0.3 is 0 Å².